The molecule has 0 fully saturated rings. The van der Waals surface area contributed by atoms with Crippen LogP contribution in [0.1, 0.15) is 48.6 Å². The van der Waals surface area contributed by atoms with Crippen molar-refractivity contribution in [1.29, 1.82) is 0 Å². The monoisotopic (exact) mass is 472 g/mol. The molecule has 168 valence electrons. The van der Waals surface area contributed by atoms with E-state index in [9.17, 15) is 9.59 Å². The molecule has 9 heteroatoms. The van der Waals surface area contributed by atoms with Crippen molar-refractivity contribution >= 4 is 40.7 Å². The van der Waals surface area contributed by atoms with Gasteiger partial charge >= 0.3 is 0 Å². The van der Waals surface area contributed by atoms with Gasteiger partial charge in [0, 0.05) is 22.8 Å². The number of halogens is 1. The van der Waals surface area contributed by atoms with Crippen LogP contribution in [0.2, 0.25) is 5.02 Å². The number of nitrogens with zero attached hydrogens (tertiary/aromatic N) is 3. The summed E-state index contributed by atoms with van der Waals surface area (Å²) >= 11 is 7.38. The molecule has 1 heterocycles. The Balaban J connectivity index is 1.64. The molecule has 0 aliphatic rings. The number of amides is 1. The van der Waals surface area contributed by atoms with Crippen molar-refractivity contribution < 1.29 is 14.3 Å². The van der Waals surface area contributed by atoms with Gasteiger partial charge in [-0.05, 0) is 63.6 Å². The number of benzene rings is 2. The molecule has 0 aliphatic heterocycles. The molecule has 1 unspecified atom stereocenters. The lowest BCUT2D eigenvalue weighted by molar-refractivity contribution is -0.113. The zero-order chi connectivity index (χ0) is 23.3. The number of aromatic nitrogens is 3. The van der Waals surface area contributed by atoms with Crippen LogP contribution in [0.3, 0.4) is 0 Å². The fourth-order valence-corrected chi connectivity index (χ4v) is 4.02. The van der Waals surface area contributed by atoms with Gasteiger partial charge in [-0.15, -0.1) is 10.2 Å². The van der Waals surface area contributed by atoms with Crippen LogP contribution in [0.5, 0.6) is 5.75 Å². The molecule has 32 heavy (non-hydrogen) atoms. The van der Waals surface area contributed by atoms with Crippen molar-refractivity contribution in [3.8, 4) is 5.75 Å². The highest BCUT2D eigenvalue weighted by molar-refractivity contribution is 7.99. The fraction of sp³-hybridized carbons (Fsp3) is 0.304. The van der Waals surface area contributed by atoms with Crippen LogP contribution >= 0.6 is 23.4 Å². The molecule has 7 nitrogen and oxygen atoms in total. The number of thioether (sulfide) groups is 1. The second-order valence-corrected chi connectivity index (χ2v) is 8.58. The van der Waals surface area contributed by atoms with E-state index in [1.807, 2.05) is 37.5 Å². The van der Waals surface area contributed by atoms with E-state index in [1.54, 1.807) is 30.3 Å². The van der Waals surface area contributed by atoms with Crippen LogP contribution < -0.4 is 10.1 Å². The van der Waals surface area contributed by atoms with Crippen molar-refractivity contribution in [2.45, 2.75) is 45.5 Å². The average Bonchev–Trinajstić information content (AvgIpc) is 3.18. The number of anilines is 1. The largest absolute Gasteiger partial charge is 0.483 e. The first-order chi connectivity index (χ1) is 15.3. The summed E-state index contributed by atoms with van der Waals surface area (Å²) in [7, 11) is 0. The lowest BCUT2D eigenvalue weighted by Gasteiger charge is -2.16. The Morgan fingerprint density at radius 1 is 1.22 bits per heavy atom. The molecule has 3 aromatic rings. The fourth-order valence-electron chi connectivity index (χ4n) is 3.10. The van der Waals surface area contributed by atoms with Gasteiger partial charge in [0.05, 0.1) is 5.75 Å². The maximum absolute atomic E-state index is 12.4. The van der Waals surface area contributed by atoms with Crippen LogP contribution in [0, 0.1) is 6.92 Å². The Bertz CT molecular complexity index is 1130. The number of ketones is 1. The van der Waals surface area contributed by atoms with Gasteiger partial charge in [0.15, 0.2) is 22.9 Å². The third-order valence-electron chi connectivity index (χ3n) is 4.75. The molecule has 0 bridgehead atoms. The standard InChI is InChI=1S/C23H25ClN4O3S/c1-5-28-22(16(4)31-19-9-10-20(24)14(2)11-19)26-27-23(28)32-13-21(30)25-18-8-6-7-17(12-18)15(3)29/h6-12,16H,5,13H2,1-4H3,(H,25,30). The molecule has 2 aromatic carbocycles. The second kappa shape index (κ2) is 10.7. The Hall–Kier alpha value is -2.84. The highest BCUT2D eigenvalue weighted by Crippen LogP contribution is 2.27. The van der Waals surface area contributed by atoms with E-state index in [0.29, 0.717) is 39.5 Å². The van der Waals surface area contributed by atoms with E-state index in [2.05, 4.69) is 15.5 Å². The van der Waals surface area contributed by atoms with Crippen LogP contribution in [0.15, 0.2) is 47.6 Å². The summed E-state index contributed by atoms with van der Waals surface area (Å²) in [6.45, 7) is 7.95. The van der Waals surface area contributed by atoms with Gasteiger partial charge < -0.3 is 14.6 Å². The summed E-state index contributed by atoms with van der Waals surface area (Å²) in [5, 5.41) is 12.7. The van der Waals surface area contributed by atoms with E-state index >= 15 is 0 Å². The minimum absolute atomic E-state index is 0.0517. The third kappa shape index (κ3) is 5.89. The molecule has 0 aliphatic carbocycles. The average molecular weight is 473 g/mol. The van der Waals surface area contributed by atoms with E-state index in [-0.39, 0.29) is 23.5 Å². The number of nitrogens with one attached hydrogen (secondary N) is 1. The zero-order valence-corrected chi connectivity index (χ0v) is 20.0. The second-order valence-electron chi connectivity index (χ2n) is 7.23. The maximum Gasteiger partial charge on any atom is 0.234 e. The van der Waals surface area contributed by atoms with Crippen molar-refractivity contribution in [3.63, 3.8) is 0 Å². The number of hydrogen-bond donors (Lipinski definition) is 1. The predicted molar refractivity (Wildman–Crippen MR) is 127 cm³/mol. The number of Topliss-reactive ketones (excluding diaryl/α,β-unsaturated/α-hetero) is 1. The molecule has 0 saturated heterocycles. The molecule has 1 amide bonds. The SMILES string of the molecule is CCn1c(SCC(=O)Nc2cccc(C(C)=O)c2)nnc1C(C)Oc1ccc(Cl)c(C)c1. The van der Waals surface area contributed by atoms with E-state index in [4.69, 9.17) is 16.3 Å². The van der Waals surface area contributed by atoms with Gasteiger partial charge in [-0.25, -0.2) is 0 Å². The molecule has 0 radical (unpaired) electrons. The lowest BCUT2D eigenvalue weighted by atomic mass is 10.1. The van der Waals surface area contributed by atoms with Gasteiger partial charge in [-0.2, -0.15) is 0 Å². The summed E-state index contributed by atoms with van der Waals surface area (Å²) in [6, 6.07) is 12.4. The van der Waals surface area contributed by atoms with E-state index in [1.165, 1.54) is 18.7 Å². The van der Waals surface area contributed by atoms with E-state index in [0.717, 1.165) is 5.56 Å². The molecule has 0 spiro atoms. The van der Waals surface area contributed by atoms with Gasteiger partial charge in [0.2, 0.25) is 5.91 Å². The van der Waals surface area contributed by atoms with Crippen LogP contribution in [-0.4, -0.2) is 32.2 Å². The van der Waals surface area contributed by atoms with Crippen molar-refractivity contribution in [2.24, 2.45) is 0 Å². The van der Waals surface area contributed by atoms with Crippen molar-refractivity contribution in [3.05, 3.63) is 64.4 Å². The molecule has 1 aromatic heterocycles. The van der Waals surface area contributed by atoms with Crippen LogP contribution in [0.25, 0.3) is 0 Å². The molecule has 3 rings (SSSR count). The predicted octanol–water partition coefficient (Wildman–Crippen LogP) is 5.33. The summed E-state index contributed by atoms with van der Waals surface area (Å²) in [6.07, 6.45) is -0.333. The Kier molecular flexibility index (Phi) is 7.93. The molecule has 1 N–H and O–H groups in total. The van der Waals surface area contributed by atoms with Crippen LogP contribution in [-0.2, 0) is 11.3 Å². The quantitative estimate of drug-likeness (QED) is 0.334. The zero-order valence-electron chi connectivity index (χ0n) is 18.4. The highest BCUT2D eigenvalue weighted by Gasteiger charge is 2.20. The molecular weight excluding hydrogens is 448 g/mol. The molecule has 1 atom stereocenters. The van der Waals surface area contributed by atoms with Gasteiger partial charge in [0.25, 0.3) is 0 Å². The first-order valence-electron chi connectivity index (χ1n) is 10.2. The summed E-state index contributed by atoms with van der Waals surface area (Å²) < 4.78 is 7.96. The minimum Gasteiger partial charge on any atom is -0.483 e. The van der Waals surface area contributed by atoms with Gasteiger partial charge in [-0.1, -0.05) is 35.5 Å². The highest BCUT2D eigenvalue weighted by atomic mass is 35.5. The van der Waals surface area contributed by atoms with Gasteiger partial charge in [0.1, 0.15) is 5.75 Å². The van der Waals surface area contributed by atoms with E-state index < -0.39 is 0 Å². The van der Waals surface area contributed by atoms with Crippen LogP contribution in [0.4, 0.5) is 5.69 Å². The summed E-state index contributed by atoms with van der Waals surface area (Å²) in [4.78, 5) is 23.9. The summed E-state index contributed by atoms with van der Waals surface area (Å²) in [5.41, 5.74) is 2.07. The number of carbonyl (C=O) groups excluding carboxylic acids is 2. The third-order valence-corrected chi connectivity index (χ3v) is 6.14. The number of hydrogen-bond acceptors (Lipinski definition) is 6. The Morgan fingerprint density at radius 2 is 2.00 bits per heavy atom. The summed E-state index contributed by atoms with van der Waals surface area (Å²) in [5.74, 6) is 1.30. The number of carbonyl (C=O) groups is 2. The lowest BCUT2D eigenvalue weighted by Crippen LogP contribution is -2.15. The topological polar surface area (TPSA) is 86.1 Å². The van der Waals surface area contributed by atoms with Gasteiger partial charge in [-0.3, -0.25) is 9.59 Å². The van der Waals surface area contributed by atoms with Crippen molar-refractivity contribution in [1.82, 2.24) is 14.8 Å². The first kappa shape index (κ1) is 23.8. The molecular formula is C23H25ClN4O3S. The number of ether oxygens (including phenoxy) is 1. The normalized spacial score (nSPS) is 11.8. The Morgan fingerprint density at radius 3 is 2.69 bits per heavy atom. The maximum atomic E-state index is 12.4. The Labute approximate surface area is 196 Å². The number of rotatable bonds is 9. The minimum atomic E-state index is -0.333. The number of aryl methyl sites for hydroxylation is 1. The van der Waals surface area contributed by atoms with Crippen molar-refractivity contribution in [2.75, 3.05) is 11.1 Å². The molecule has 0 saturated carbocycles. The first-order valence-corrected chi connectivity index (χ1v) is 11.5. The smallest absolute Gasteiger partial charge is 0.234 e.